The SMILES string of the molecule is O=C(O)c1ccc2c(c1)Oc1ccc(OCc3c(-c4c(Cl)cccc4Cl)noc3C3CC3)nc1C1=C=C12. The van der Waals surface area contributed by atoms with Crippen molar-refractivity contribution in [3.8, 4) is 28.6 Å². The van der Waals surface area contributed by atoms with Crippen LogP contribution in [0.3, 0.4) is 0 Å². The van der Waals surface area contributed by atoms with Gasteiger partial charge >= 0.3 is 5.97 Å². The van der Waals surface area contributed by atoms with Crippen molar-refractivity contribution in [3.63, 3.8) is 0 Å². The molecule has 7 rings (SSSR count). The third kappa shape index (κ3) is 3.80. The summed E-state index contributed by atoms with van der Waals surface area (Å²) >= 11 is 12.9. The van der Waals surface area contributed by atoms with Crippen LogP contribution in [0.1, 0.15) is 51.7 Å². The highest BCUT2D eigenvalue weighted by Gasteiger charge is 2.34. The maximum absolute atomic E-state index is 11.4. The number of carbonyl (C=O) groups is 1. The van der Waals surface area contributed by atoms with Crippen molar-refractivity contribution >= 4 is 40.3 Å². The first kappa shape index (κ1) is 22.2. The summed E-state index contributed by atoms with van der Waals surface area (Å²) in [5, 5.41) is 14.6. The number of halogens is 2. The standard InChI is InChI=1S/C28H16Cl2N2O5/c29-19-2-1-3-20(30)24(19)26-18(27(37-32-26)13-4-5-13)12-35-23-9-8-21-25(31-23)17-11-16(17)15-7-6-14(28(33)34)10-22(15)36-21/h1-3,6-10,13H,4-5,12H2,(H,33,34). The summed E-state index contributed by atoms with van der Waals surface area (Å²) in [5.41, 5.74) is 8.38. The molecule has 0 atom stereocenters. The fourth-order valence-corrected chi connectivity index (χ4v) is 5.08. The first-order chi connectivity index (χ1) is 18.0. The molecule has 37 heavy (non-hydrogen) atoms. The molecule has 0 amide bonds. The lowest BCUT2D eigenvalue weighted by molar-refractivity contribution is 0.0696. The maximum atomic E-state index is 11.4. The van der Waals surface area contributed by atoms with E-state index in [1.54, 1.807) is 42.5 Å². The second kappa shape index (κ2) is 8.25. The number of hydrogen-bond donors (Lipinski definition) is 1. The summed E-state index contributed by atoms with van der Waals surface area (Å²) in [7, 11) is 0. The van der Waals surface area contributed by atoms with Crippen molar-refractivity contribution in [2.75, 3.05) is 0 Å². The number of pyridine rings is 1. The molecule has 1 saturated carbocycles. The molecule has 9 heteroatoms. The smallest absolute Gasteiger partial charge is 0.335 e. The first-order valence-electron chi connectivity index (χ1n) is 11.6. The van der Waals surface area contributed by atoms with Gasteiger partial charge in [-0.05, 0) is 49.2 Å². The Morgan fingerprint density at radius 2 is 1.86 bits per heavy atom. The zero-order valence-corrected chi connectivity index (χ0v) is 20.6. The normalized spacial score (nSPS) is 14.9. The highest BCUT2D eigenvalue weighted by molar-refractivity contribution is 6.39. The van der Waals surface area contributed by atoms with Crippen molar-refractivity contribution in [3.05, 3.63) is 92.5 Å². The lowest BCUT2D eigenvalue weighted by atomic mass is 10.0. The molecule has 4 aromatic rings. The van der Waals surface area contributed by atoms with E-state index in [0.29, 0.717) is 50.3 Å². The van der Waals surface area contributed by atoms with Crippen molar-refractivity contribution < 1.29 is 23.9 Å². The quantitative estimate of drug-likeness (QED) is 0.259. The molecule has 1 fully saturated rings. The van der Waals surface area contributed by atoms with Crippen LogP contribution in [0, 0.1) is 0 Å². The Morgan fingerprint density at radius 3 is 2.62 bits per heavy atom. The minimum absolute atomic E-state index is 0.146. The molecule has 0 bridgehead atoms. The number of allylic oxidation sites excluding steroid dienone is 1. The average molecular weight is 531 g/mol. The summed E-state index contributed by atoms with van der Waals surface area (Å²) in [6, 6.07) is 13.6. The van der Waals surface area contributed by atoms with Crippen LogP contribution < -0.4 is 9.47 Å². The molecule has 3 heterocycles. The van der Waals surface area contributed by atoms with Gasteiger partial charge in [-0.1, -0.05) is 40.2 Å². The Hall–Kier alpha value is -4.03. The molecule has 1 N–H and O–H groups in total. The van der Waals surface area contributed by atoms with Gasteiger partial charge in [0.1, 0.15) is 29.5 Å². The van der Waals surface area contributed by atoms with Gasteiger partial charge in [0, 0.05) is 28.7 Å². The van der Waals surface area contributed by atoms with Gasteiger partial charge in [-0.2, -0.15) is 0 Å². The van der Waals surface area contributed by atoms with Gasteiger partial charge in [0.15, 0.2) is 5.75 Å². The molecule has 3 aliphatic rings. The fraction of sp³-hybridized carbons (Fsp3) is 0.143. The molecular formula is C28H16Cl2N2O5. The number of aromatic nitrogens is 2. The molecule has 0 saturated heterocycles. The van der Waals surface area contributed by atoms with Crippen molar-refractivity contribution in [1.82, 2.24) is 10.1 Å². The van der Waals surface area contributed by atoms with E-state index in [0.717, 1.165) is 40.9 Å². The van der Waals surface area contributed by atoms with E-state index in [1.807, 2.05) is 0 Å². The molecule has 0 unspecified atom stereocenters. The molecule has 182 valence electrons. The molecule has 2 aromatic carbocycles. The number of fused-ring (bicyclic) bond motifs is 5. The highest BCUT2D eigenvalue weighted by Crippen LogP contribution is 2.51. The van der Waals surface area contributed by atoms with Crippen LogP contribution in [0.4, 0.5) is 0 Å². The second-order valence-electron chi connectivity index (χ2n) is 9.02. The van der Waals surface area contributed by atoms with Crippen molar-refractivity contribution in [1.29, 1.82) is 0 Å². The van der Waals surface area contributed by atoms with Crippen LogP contribution in [0.15, 0.2) is 58.8 Å². The van der Waals surface area contributed by atoms with E-state index >= 15 is 0 Å². The summed E-state index contributed by atoms with van der Waals surface area (Å²) in [6.07, 6.45) is 2.05. The molecule has 0 radical (unpaired) electrons. The van der Waals surface area contributed by atoms with E-state index in [1.165, 1.54) is 6.07 Å². The summed E-state index contributed by atoms with van der Waals surface area (Å²) in [5.74, 6) is 1.39. The molecule has 1 aliphatic heterocycles. The molecular weight excluding hydrogens is 515 g/mol. The van der Waals surface area contributed by atoms with Crippen LogP contribution >= 0.6 is 23.2 Å². The lowest BCUT2D eigenvalue weighted by Gasteiger charge is -2.11. The van der Waals surface area contributed by atoms with Gasteiger partial charge in [0.2, 0.25) is 5.88 Å². The minimum atomic E-state index is -1.02. The first-order valence-corrected chi connectivity index (χ1v) is 12.4. The molecule has 0 spiro atoms. The van der Waals surface area contributed by atoms with Gasteiger partial charge in [-0.3, -0.25) is 0 Å². The fourth-order valence-electron chi connectivity index (χ4n) is 4.50. The highest BCUT2D eigenvalue weighted by atomic mass is 35.5. The van der Waals surface area contributed by atoms with E-state index < -0.39 is 5.97 Å². The van der Waals surface area contributed by atoms with Crippen molar-refractivity contribution in [2.24, 2.45) is 0 Å². The predicted molar refractivity (Wildman–Crippen MR) is 136 cm³/mol. The monoisotopic (exact) mass is 530 g/mol. The summed E-state index contributed by atoms with van der Waals surface area (Å²) in [4.78, 5) is 16.1. The van der Waals surface area contributed by atoms with Gasteiger partial charge in [0.05, 0.1) is 26.7 Å². The molecule has 2 aliphatic carbocycles. The van der Waals surface area contributed by atoms with Crippen LogP contribution in [0.5, 0.6) is 17.4 Å². The third-order valence-corrected chi connectivity index (χ3v) is 7.19. The number of rotatable bonds is 6. The second-order valence-corrected chi connectivity index (χ2v) is 9.84. The summed E-state index contributed by atoms with van der Waals surface area (Å²) in [6.45, 7) is 0.167. The molecule has 2 aromatic heterocycles. The van der Waals surface area contributed by atoms with Gasteiger partial charge in [-0.15, -0.1) is 0 Å². The number of carboxylic acid groups (broad SMARTS) is 1. The van der Waals surface area contributed by atoms with Gasteiger partial charge in [-0.25, -0.2) is 9.78 Å². The van der Waals surface area contributed by atoms with E-state index in [-0.39, 0.29) is 12.2 Å². The van der Waals surface area contributed by atoms with Crippen LogP contribution in [-0.4, -0.2) is 21.2 Å². The minimum Gasteiger partial charge on any atom is -0.478 e. The van der Waals surface area contributed by atoms with E-state index in [4.69, 9.17) is 37.2 Å². The Morgan fingerprint density at radius 1 is 1.05 bits per heavy atom. The van der Waals surface area contributed by atoms with Gasteiger partial charge in [0.25, 0.3) is 0 Å². The largest absolute Gasteiger partial charge is 0.478 e. The molecule has 7 nitrogen and oxygen atoms in total. The number of carboxylic acids is 1. The topological polar surface area (TPSA) is 94.7 Å². The zero-order valence-electron chi connectivity index (χ0n) is 19.0. The van der Waals surface area contributed by atoms with Crippen LogP contribution in [0.25, 0.3) is 22.4 Å². The average Bonchev–Trinajstić information content (AvgIpc) is 3.80. The third-order valence-electron chi connectivity index (χ3n) is 6.56. The van der Waals surface area contributed by atoms with Crippen molar-refractivity contribution in [2.45, 2.75) is 25.4 Å². The van der Waals surface area contributed by atoms with Gasteiger partial charge < -0.3 is 19.1 Å². The van der Waals surface area contributed by atoms with Crippen LogP contribution in [-0.2, 0) is 6.61 Å². The Balaban J connectivity index is 1.19. The van der Waals surface area contributed by atoms with E-state index in [2.05, 4.69) is 15.9 Å². The van der Waals surface area contributed by atoms with E-state index in [9.17, 15) is 9.90 Å². The summed E-state index contributed by atoms with van der Waals surface area (Å²) < 4.78 is 17.9. The number of hydrogen-bond acceptors (Lipinski definition) is 6. The number of ether oxygens (including phenoxy) is 2. The number of aromatic carboxylic acids is 1. The Bertz CT molecular complexity index is 1690. The van der Waals surface area contributed by atoms with Crippen LogP contribution in [0.2, 0.25) is 10.0 Å². The number of nitrogens with zero attached hydrogens (tertiary/aromatic N) is 2. The number of benzene rings is 2. The maximum Gasteiger partial charge on any atom is 0.335 e. The Kier molecular flexibility index (Phi) is 4.95. The Labute approximate surface area is 220 Å². The lowest BCUT2D eigenvalue weighted by Crippen LogP contribution is -2.02. The zero-order chi connectivity index (χ0) is 25.3. The predicted octanol–water partition coefficient (Wildman–Crippen LogP) is 7.38.